The van der Waals surface area contributed by atoms with Crippen LogP contribution >= 0.6 is 0 Å². The monoisotopic (exact) mass is 282 g/mol. The molecule has 0 aromatic heterocycles. The lowest BCUT2D eigenvalue weighted by atomic mass is 10.1. The molecule has 0 aliphatic rings. The lowest BCUT2D eigenvalue weighted by Gasteiger charge is -2.03. The van der Waals surface area contributed by atoms with Gasteiger partial charge in [-0.25, -0.2) is 0 Å². The van der Waals surface area contributed by atoms with Crippen LogP contribution in [0.1, 0.15) is 38.2 Å². The quantitative estimate of drug-likeness (QED) is 0.659. The Morgan fingerprint density at radius 2 is 1.86 bits per heavy atom. The van der Waals surface area contributed by atoms with Crippen molar-refractivity contribution in [2.45, 2.75) is 38.7 Å². The molecule has 0 fully saturated rings. The van der Waals surface area contributed by atoms with Crippen LogP contribution in [0, 0.1) is 11.8 Å². The molecule has 0 heterocycles. The fraction of sp³-hybridized carbons (Fsp3) is 0.368. The molecular formula is C19H22O2. The van der Waals surface area contributed by atoms with E-state index in [1.807, 2.05) is 36.4 Å². The lowest BCUT2D eigenvalue weighted by Crippen LogP contribution is -2.02. The van der Waals surface area contributed by atoms with E-state index in [0.717, 1.165) is 47.8 Å². The maximum Gasteiger partial charge on any atom is 0.119 e. The molecule has 0 spiro atoms. The first-order valence-electron chi connectivity index (χ1n) is 7.50. The van der Waals surface area contributed by atoms with Crippen molar-refractivity contribution in [3.63, 3.8) is 0 Å². The highest BCUT2D eigenvalue weighted by molar-refractivity contribution is 5.85. The van der Waals surface area contributed by atoms with Crippen LogP contribution < -0.4 is 4.74 Å². The van der Waals surface area contributed by atoms with Gasteiger partial charge in [-0.05, 0) is 47.9 Å². The summed E-state index contributed by atoms with van der Waals surface area (Å²) in [4.78, 5) is 0. The SMILES string of the molecule is CCCCCC(O)C#Cc1ccc2cc(OC)ccc2c1. The van der Waals surface area contributed by atoms with Gasteiger partial charge in [-0.1, -0.05) is 43.7 Å². The van der Waals surface area contributed by atoms with Gasteiger partial charge < -0.3 is 9.84 Å². The summed E-state index contributed by atoms with van der Waals surface area (Å²) >= 11 is 0. The van der Waals surface area contributed by atoms with Crippen LogP contribution in [0.5, 0.6) is 5.75 Å². The van der Waals surface area contributed by atoms with Gasteiger partial charge in [-0.3, -0.25) is 0 Å². The summed E-state index contributed by atoms with van der Waals surface area (Å²) < 4.78 is 5.22. The Morgan fingerprint density at radius 3 is 2.62 bits per heavy atom. The molecule has 0 aliphatic heterocycles. The fourth-order valence-corrected chi connectivity index (χ4v) is 2.26. The third kappa shape index (κ3) is 4.51. The molecule has 2 rings (SSSR count). The summed E-state index contributed by atoms with van der Waals surface area (Å²) in [5.41, 5.74) is 0.933. The van der Waals surface area contributed by atoms with Gasteiger partial charge in [0.05, 0.1) is 7.11 Å². The zero-order valence-electron chi connectivity index (χ0n) is 12.7. The van der Waals surface area contributed by atoms with Crippen LogP contribution in [-0.4, -0.2) is 18.3 Å². The van der Waals surface area contributed by atoms with Crippen molar-refractivity contribution >= 4 is 10.8 Å². The first-order valence-corrected chi connectivity index (χ1v) is 7.50. The van der Waals surface area contributed by atoms with Gasteiger partial charge in [0.15, 0.2) is 0 Å². The van der Waals surface area contributed by atoms with Crippen molar-refractivity contribution in [1.29, 1.82) is 0 Å². The number of aliphatic hydroxyl groups excluding tert-OH is 1. The highest BCUT2D eigenvalue weighted by atomic mass is 16.5. The Labute approximate surface area is 126 Å². The molecular weight excluding hydrogens is 260 g/mol. The molecule has 0 radical (unpaired) electrons. The third-order valence-corrected chi connectivity index (χ3v) is 3.51. The van der Waals surface area contributed by atoms with E-state index in [9.17, 15) is 5.11 Å². The second kappa shape index (κ2) is 7.71. The molecule has 0 bridgehead atoms. The van der Waals surface area contributed by atoms with Gasteiger partial charge in [-0.15, -0.1) is 0 Å². The standard InChI is InChI=1S/C19H22O2/c1-3-4-5-6-18(20)11-8-15-7-9-17-14-19(21-2)12-10-16(17)13-15/h7,9-10,12-14,18,20H,3-6H2,1-2H3. The summed E-state index contributed by atoms with van der Waals surface area (Å²) in [6.07, 6.45) is 3.57. The maximum absolute atomic E-state index is 9.83. The van der Waals surface area contributed by atoms with Crippen molar-refractivity contribution in [3.8, 4) is 17.6 Å². The highest BCUT2D eigenvalue weighted by Gasteiger charge is 1.99. The number of rotatable bonds is 5. The van der Waals surface area contributed by atoms with Gasteiger partial charge in [0.2, 0.25) is 0 Å². The van der Waals surface area contributed by atoms with E-state index in [-0.39, 0.29) is 0 Å². The van der Waals surface area contributed by atoms with Gasteiger partial charge >= 0.3 is 0 Å². The number of benzene rings is 2. The van der Waals surface area contributed by atoms with Gasteiger partial charge in [0.1, 0.15) is 11.9 Å². The van der Waals surface area contributed by atoms with Gasteiger partial charge in [0, 0.05) is 5.56 Å². The molecule has 0 aliphatic carbocycles. The summed E-state index contributed by atoms with van der Waals surface area (Å²) in [7, 11) is 1.67. The van der Waals surface area contributed by atoms with Crippen LogP contribution in [0.25, 0.3) is 10.8 Å². The predicted octanol–water partition coefficient (Wildman–Crippen LogP) is 4.14. The molecule has 0 saturated carbocycles. The second-order valence-corrected chi connectivity index (χ2v) is 5.21. The molecule has 1 atom stereocenters. The van der Waals surface area contributed by atoms with Crippen LogP contribution in [0.15, 0.2) is 36.4 Å². The summed E-state index contributed by atoms with van der Waals surface area (Å²) in [5.74, 6) is 6.84. The molecule has 2 aromatic rings. The topological polar surface area (TPSA) is 29.5 Å². The van der Waals surface area contributed by atoms with E-state index in [0.29, 0.717) is 0 Å². The summed E-state index contributed by atoms with van der Waals surface area (Å²) in [6, 6.07) is 12.0. The van der Waals surface area contributed by atoms with Gasteiger partial charge in [0.25, 0.3) is 0 Å². The molecule has 2 aromatic carbocycles. The minimum Gasteiger partial charge on any atom is -0.497 e. The van der Waals surface area contributed by atoms with Crippen LogP contribution in [0.3, 0.4) is 0 Å². The second-order valence-electron chi connectivity index (χ2n) is 5.21. The van der Waals surface area contributed by atoms with Crippen LogP contribution in [0.4, 0.5) is 0 Å². The molecule has 2 nitrogen and oxygen atoms in total. The third-order valence-electron chi connectivity index (χ3n) is 3.51. The largest absolute Gasteiger partial charge is 0.497 e. The molecule has 0 saturated heterocycles. The fourth-order valence-electron chi connectivity index (χ4n) is 2.26. The number of fused-ring (bicyclic) bond motifs is 1. The summed E-state index contributed by atoms with van der Waals surface area (Å²) in [5, 5.41) is 12.1. The Kier molecular flexibility index (Phi) is 5.66. The zero-order valence-corrected chi connectivity index (χ0v) is 12.7. The van der Waals surface area contributed by atoms with Gasteiger partial charge in [-0.2, -0.15) is 0 Å². The first kappa shape index (κ1) is 15.4. The maximum atomic E-state index is 9.83. The normalized spacial score (nSPS) is 11.8. The van der Waals surface area contributed by atoms with Crippen LogP contribution in [-0.2, 0) is 0 Å². The smallest absolute Gasteiger partial charge is 0.119 e. The van der Waals surface area contributed by atoms with Crippen molar-refractivity contribution in [3.05, 3.63) is 42.0 Å². The average Bonchev–Trinajstić information content (AvgIpc) is 2.52. The van der Waals surface area contributed by atoms with E-state index in [1.54, 1.807) is 7.11 Å². The molecule has 1 unspecified atom stereocenters. The van der Waals surface area contributed by atoms with Crippen molar-refractivity contribution in [2.75, 3.05) is 7.11 Å². The molecule has 2 heteroatoms. The molecule has 110 valence electrons. The van der Waals surface area contributed by atoms with Crippen molar-refractivity contribution < 1.29 is 9.84 Å². The minimum absolute atomic E-state index is 0.525. The van der Waals surface area contributed by atoms with E-state index in [4.69, 9.17) is 4.74 Å². The predicted molar refractivity (Wildman–Crippen MR) is 87.5 cm³/mol. The number of aliphatic hydroxyl groups is 1. The number of hydrogen-bond donors (Lipinski definition) is 1. The molecule has 1 N–H and O–H groups in total. The molecule has 21 heavy (non-hydrogen) atoms. The molecule has 0 amide bonds. The van der Waals surface area contributed by atoms with E-state index >= 15 is 0 Å². The van der Waals surface area contributed by atoms with Crippen LogP contribution in [0.2, 0.25) is 0 Å². The zero-order chi connectivity index (χ0) is 15.1. The summed E-state index contributed by atoms with van der Waals surface area (Å²) in [6.45, 7) is 2.15. The Balaban J connectivity index is 2.09. The average molecular weight is 282 g/mol. The Hall–Kier alpha value is -1.98. The minimum atomic E-state index is -0.525. The van der Waals surface area contributed by atoms with Crippen molar-refractivity contribution in [2.24, 2.45) is 0 Å². The number of unbranched alkanes of at least 4 members (excludes halogenated alkanes) is 2. The Morgan fingerprint density at radius 1 is 1.10 bits per heavy atom. The number of ether oxygens (including phenoxy) is 1. The highest BCUT2D eigenvalue weighted by Crippen LogP contribution is 2.21. The van der Waals surface area contributed by atoms with E-state index < -0.39 is 6.10 Å². The first-order chi connectivity index (χ1) is 10.2. The van der Waals surface area contributed by atoms with E-state index in [2.05, 4.69) is 18.8 Å². The van der Waals surface area contributed by atoms with E-state index in [1.165, 1.54) is 0 Å². The Bertz CT molecular complexity index is 649. The van der Waals surface area contributed by atoms with Crippen molar-refractivity contribution in [1.82, 2.24) is 0 Å². The number of hydrogen-bond acceptors (Lipinski definition) is 2. The lowest BCUT2D eigenvalue weighted by molar-refractivity contribution is 0.217. The number of methoxy groups -OCH3 is 1.